The minimum Gasteiger partial charge on any atom is -0.341 e. The Morgan fingerprint density at radius 2 is 1.92 bits per heavy atom. The van der Waals surface area contributed by atoms with E-state index in [0.717, 1.165) is 51.6 Å². The summed E-state index contributed by atoms with van der Waals surface area (Å²) >= 11 is 0. The average Bonchev–Trinajstić information content (AvgIpc) is 3.24. The molecule has 2 amide bonds. The maximum atomic E-state index is 13.3. The van der Waals surface area contributed by atoms with Crippen LogP contribution in [0.3, 0.4) is 0 Å². The highest BCUT2D eigenvalue weighted by Crippen LogP contribution is 2.58. The van der Waals surface area contributed by atoms with Crippen molar-refractivity contribution >= 4 is 11.8 Å². The fourth-order valence-corrected chi connectivity index (χ4v) is 6.08. The van der Waals surface area contributed by atoms with Gasteiger partial charge in [-0.25, -0.2) is 0 Å². The maximum absolute atomic E-state index is 13.3. The summed E-state index contributed by atoms with van der Waals surface area (Å²) in [5.74, 6) is 1.97. The highest BCUT2D eigenvalue weighted by Gasteiger charge is 2.67. The SMILES string of the molecule is O=C1NC2(C(=O)N3CCC(Cc4ccccc4)CC3)CC3CC1C2C3. The van der Waals surface area contributed by atoms with Crippen LogP contribution < -0.4 is 5.32 Å². The molecular formula is C21H26N2O2. The summed E-state index contributed by atoms with van der Waals surface area (Å²) in [6.45, 7) is 1.69. The number of hydrogen-bond donors (Lipinski definition) is 1. The summed E-state index contributed by atoms with van der Waals surface area (Å²) in [7, 11) is 0. The van der Waals surface area contributed by atoms with E-state index in [9.17, 15) is 9.59 Å². The number of nitrogens with zero attached hydrogens (tertiary/aromatic N) is 1. The number of rotatable bonds is 3. The van der Waals surface area contributed by atoms with Gasteiger partial charge in [-0.05, 0) is 55.9 Å². The molecule has 2 aliphatic carbocycles. The zero-order chi connectivity index (χ0) is 17.0. The summed E-state index contributed by atoms with van der Waals surface area (Å²) in [4.78, 5) is 27.6. The third-order valence-corrected chi connectivity index (χ3v) is 7.24. The number of carbonyl (C=O) groups is 2. The minimum atomic E-state index is -0.545. The molecule has 2 aliphatic heterocycles. The van der Waals surface area contributed by atoms with Crippen molar-refractivity contribution in [2.75, 3.05) is 13.1 Å². The average molecular weight is 338 g/mol. The molecule has 25 heavy (non-hydrogen) atoms. The lowest BCUT2D eigenvalue weighted by Crippen LogP contribution is -2.58. The molecule has 2 saturated heterocycles. The highest BCUT2D eigenvalue weighted by atomic mass is 16.2. The van der Waals surface area contributed by atoms with Crippen molar-refractivity contribution in [3.05, 3.63) is 35.9 Å². The molecule has 5 rings (SSSR count). The number of hydrogen-bond acceptors (Lipinski definition) is 2. The normalized spacial score (nSPS) is 36.7. The van der Waals surface area contributed by atoms with E-state index in [1.807, 2.05) is 4.90 Å². The number of fused-ring (bicyclic) bond motifs is 1. The van der Waals surface area contributed by atoms with E-state index in [2.05, 4.69) is 35.6 Å². The van der Waals surface area contributed by atoms with E-state index in [-0.39, 0.29) is 23.7 Å². The van der Waals surface area contributed by atoms with Crippen molar-refractivity contribution in [3.63, 3.8) is 0 Å². The predicted molar refractivity (Wildman–Crippen MR) is 94.6 cm³/mol. The van der Waals surface area contributed by atoms with E-state index in [1.165, 1.54) is 5.56 Å². The van der Waals surface area contributed by atoms with Crippen LogP contribution in [0.25, 0.3) is 0 Å². The Balaban J connectivity index is 1.24. The van der Waals surface area contributed by atoms with Gasteiger partial charge in [0.1, 0.15) is 5.54 Å². The Hall–Kier alpha value is -1.84. The molecule has 2 saturated carbocycles. The van der Waals surface area contributed by atoms with Gasteiger partial charge < -0.3 is 10.2 Å². The molecular weight excluding hydrogens is 312 g/mol. The van der Waals surface area contributed by atoms with Crippen molar-refractivity contribution in [1.82, 2.24) is 10.2 Å². The molecule has 4 aliphatic rings. The van der Waals surface area contributed by atoms with Crippen LogP contribution in [0.2, 0.25) is 0 Å². The van der Waals surface area contributed by atoms with Crippen molar-refractivity contribution < 1.29 is 9.59 Å². The van der Waals surface area contributed by atoms with Gasteiger partial charge in [-0.15, -0.1) is 0 Å². The Morgan fingerprint density at radius 3 is 2.64 bits per heavy atom. The van der Waals surface area contributed by atoms with Crippen molar-refractivity contribution in [2.45, 2.75) is 44.1 Å². The zero-order valence-electron chi connectivity index (χ0n) is 14.6. The Kier molecular flexibility index (Phi) is 3.44. The standard InChI is InChI=1S/C21H26N2O2/c24-19-17-11-16-12-18(17)21(13-16,22-19)20(25)23-8-6-15(7-9-23)10-14-4-2-1-3-5-14/h1-5,15-18H,6-13H2,(H,22,24). The molecule has 0 radical (unpaired) electrons. The molecule has 1 aromatic carbocycles. The van der Waals surface area contributed by atoms with Gasteiger partial charge in [0.25, 0.3) is 0 Å². The third kappa shape index (κ3) is 2.33. The second kappa shape index (κ2) is 5.58. The largest absolute Gasteiger partial charge is 0.341 e. The fourth-order valence-electron chi connectivity index (χ4n) is 6.08. The summed E-state index contributed by atoms with van der Waals surface area (Å²) in [5, 5.41) is 3.14. The van der Waals surface area contributed by atoms with Gasteiger partial charge in [0.05, 0.1) is 0 Å². The molecule has 4 fully saturated rings. The molecule has 4 atom stereocenters. The van der Waals surface area contributed by atoms with Gasteiger partial charge in [-0.2, -0.15) is 0 Å². The second-order valence-electron chi connectivity index (χ2n) is 8.64. The maximum Gasteiger partial charge on any atom is 0.248 e. The smallest absolute Gasteiger partial charge is 0.248 e. The van der Waals surface area contributed by atoms with Crippen LogP contribution in [0, 0.1) is 23.7 Å². The minimum absolute atomic E-state index is 0.110. The number of amides is 2. The lowest BCUT2D eigenvalue weighted by molar-refractivity contribution is -0.141. The zero-order valence-corrected chi connectivity index (χ0v) is 14.6. The summed E-state index contributed by atoms with van der Waals surface area (Å²) < 4.78 is 0. The molecule has 1 N–H and O–H groups in total. The molecule has 0 spiro atoms. The number of benzene rings is 1. The molecule has 4 unspecified atom stereocenters. The Morgan fingerprint density at radius 1 is 1.16 bits per heavy atom. The first-order chi connectivity index (χ1) is 12.2. The molecule has 132 valence electrons. The van der Waals surface area contributed by atoms with E-state index in [1.54, 1.807) is 0 Å². The Bertz CT molecular complexity index is 695. The first kappa shape index (κ1) is 15.4. The van der Waals surface area contributed by atoms with Crippen LogP contribution >= 0.6 is 0 Å². The van der Waals surface area contributed by atoms with Gasteiger partial charge >= 0.3 is 0 Å². The van der Waals surface area contributed by atoms with E-state index in [0.29, 0.717) is 11.8 Å². The van der Waals surface area contributed by atoms with Crippen LogP contribution in [0.1, 0.15) is 37.7 Å². The summed E-state index contributed by atoms with van der Waals surface area (Å²) in [6, 6.07) is 10.6. The van der Waals surface area contributed by atoms with Crippen molar-refractivity contribution in [2.24, 2.45) is 23.7 Å². The lowest BCUT2D eigenvalue weighted by atomic mass is 9.77. The molecule has 2 bridgehead atoms. The molecule has 4 nitrogen and oxygen atoms in total. The van der Waals surface area contributed by atoms with Crippen LogP contribution in [0.15, 0.2) is 30.3 Å². The Labute approximate surface area is 149 Å². The van der Waals surface area contributed by atoms with E-state index < -0.39 is 5.54 Å². The van der Waals surface area contributed by atoms with Crippen molar-refractivity contribution in [3.8, 4) is 0 Å². The number of carbonyl (C=O) groups excluding carboxylic acids is 2. The fraction of sp³-hybridized carbons (Fsp3) is 0.619. The van der Waals surface area contributed by atoms with Gasteiger partial charge in [0, 0.05) is 24.9 Å². The monoisotopic (exact) mass is 338 g/mol. The first-order valence-electron chi connectivity index (χ1n) is 9.81. The van der Waals surface area contributed by atoms with Gasteiger partial charge in [0.2, 0.25) is 11.8 Å². The van der Waals surface area contributed by atoms with E-state index >= 15 is 0 Å². The van der Waals surface area contributed by atoms with E-state index in [4.69, 9.17) is 0 Å². The topological polar surface area (TPSA) is 49.4 Å². The van der Waals surface area contributed by atoms with Crippen LogP contribution in [0.4, 0.5) is 0 Å². The molecule has 2 heterocycles. The van der Waals surface area contributed by atoms with Gasteiger partial charge in [-0.1, -0.05) is 30.3 Å². The number of nitrogens with one attached hydrogen (secondary N) is 1. The summed E-state index contributed by atoms with van der Waals surface area (Å²) in [5.41, 5.74) is 0.849. The van der Waals surface area contributed by atoms with Crippen LogP contribution in [-0.2, 0) is 16.0 Å². The third-order valence-electron chi connectivity index (χ3n) is 7.24. The molecule has 1 aromatic rings. The van der Waals surface area contributed by atoms with Crippen LogP contribution in [-0.4, -0.2) is 35.3 Å². The van der Waals surface area contributed by atoms with Crippen molar-refractivity contribution in [1.29, 1.82) is 0 Å². The molecule has 0 aromatic heterocycles. The number of likely N-dealkylation sites (tertiary alicyclic amines) is 1. The lowest BCUT2D eigenvalue weighted by Gasteiger charge is -2.39. The van der Waals surface area contributed by atoms with Gasteiger partial charge in [-0.3, -0.25) is 9.59 Å². The molecule has 4 heteroatoms. The first-order valence-corrected chi connectivity index (χ1v) is 9.81. The number of piperidine rings is 1. The van der Waals surface area contributed by atoms with Gasteiger partial charge in [0.15, 0.2) is 0 Å². The predicted octanol–water partition coefficient (Wildman–Crippen LogP) is 2.38. The summed E-state index contributed by atoms with van der Waals surface area (Å²) in [6.07, 6.45) is 6.20. The van der Waals surface area contributed by atoms with Crippen LogP contribution in [0.5, 0.6) is 0 Å². The quantitative estimate of drug-likeness (QED) is 0.920. The second-order valence-corrected chi connectivity index (χ2v) is 8.64. The highest BCUT2D eigenvalue weighted by molar-refractivity contribution is 5.97.